The normalized spacial score (nSPS) is 25.6. The van der Waals surface area contributed by atoms with E-state index in [9.17, 15) is 0 Å². The number of anilines is 1. The van der Waals surface area contributed by atoms with Crippen LogP contribution in [0.5, 0.6) is 0 Å². The molecule has 0 aliphatic carbocycles. The molecule has 1 aromatic rings. The monoisotopic (exact) mass is 400 g/mol. The van der Waals surface area contributed by atoms with Crippen LogP contribution in [0.15, 0.2) is 12.1 Å². The molecule has 5 nitrogen and oxygen atoms in total. The molecular weight excluding hydrogens is 363 g/mol. The quantitative estimate of drug-likeness (QED) is 0.729. The Morgan fingerprint density at radius 3 is 1.90 bits per heavy atom. The maximum absolute atomic E-state index is 6.27. The van der Waals surface area contributed by atoms with Gasteiger partial charge in [0.2, 0.25) is 0 Å². The van der Waals surface area contributed by atoms with Crippen LogP contribution in [0.3, 0.4) is 0 Å². The van der Waals surface area contributed by atoms with Crippen molar-refractivity contribution >= 4 is 18.3 Å². The van der Waals surface area contributed by atoms with Gasteiger partial charge in [0.15, 0.2) is 0 Å². The molecule has 3 fully saturated rings. The number of ether oxygens (including phenoxy) is 1. The van der Waals surface area contributed by atoms with E-state index in [1.807, 2.05) is 0 Å². The number of rotatable bonds is 3. The molecule has 0 N–H and O–H groups in total. The second kappa shape index (κ2) is 7.88. The summed E-state index contributed by atoms with van der Waals surface area (Å²) in [6, 6.07) is 5.23. The van der Waals surface area contributed by atoms with Crippen LogP contribution in [0.1, 0.15) is 51.7 Å². The molecule has 3 saturated heterocycles. The van der Waals surface area contributed by atoms with Crippen LogP contribution >= 0.6 is 0 Å². The average molecular weight is 400 g/mol. The minimum Gasteiger partial charge on any atom is -0.399 e. The Balaban J connectivity index is 1.46. The van der Waals surface area contributed by atoms with Crippen molar-refractivity contribution in [2.24, 2.45) is 0 Å². The van der Waals surface area contributed by atoms with Crippen LogP contribution in [0, 0.1) is 13.8 Å². The molecule has 4 rings (SSSR count). The maximum Gasteiger partial charge on any atom is 0.494 e. The Hall–Kier alpha value is -1.08. The molecular formula is C23H37BN2O3. The zero-order chi connectivity index (χ0) is 20.8. The lowest BCUT2D eigenvalue weighted by molar-refractivity contribution is 0.00578. The predicted octanol–water partition coefficient (Wildman–Crippen LogP) is 2.90. The summed E-state index contributed by atoms with van der Waals surface area (Å²) in [7, 11) is -0.295. The summed E-state index contributed by atoms with van der Waals surface area (Å²) in [5, 5.41) is 0. The highest BCUT2D eigenvalue weighted by Gasteiger charge is 2.51. The van der Waals surface area contributed by atoms with Gasteiger partial charge in [-0.2, -0.15) is 0 Å². The minimum atomic E-state index is -0.307. The van der Waals surface area contributed by atoms with Gasteiger partial charge in [-0.3, -0.25) is 4.90 Å². The molecule has 0 unspecified atom stereocenters. The zero-order valence-electron chi connectivity index (χ0n) is 19.1. The van der Waals surface area contributed by atoms with Crippen LogP contribution in [-0.2, 0) is 14.0 Å². The first-order valence-electron chi connectivity index (χ1n) is 11.2. The van der Waals surface area contributed by atoms with E-state index >= 15 is 0 Å². The first kappa shape index (κ1) is 21.2. The van der Waals surface area contributed by atoms with Crippen molar-refractivity contribution in [1.29, 1.82) is 0 Å². The lowest BCUT2D eigenvalue weighted by atomic mass is 9.77. The highest BCUT2D eigenvalue weighted by molar-refractivity contribution is 6.62. The summed E-state index contributed by atoms with van der Waals surface area (Å²) in [6.07, 6.45) is 2.36. The smallest absolute Gasteiger partial charge is 0.399 e. The van der Waals surface area contributed by atoms with Gasteiger partial charge in [-0.05, 0) is 71.0 Å². The van der Waals surface area contributed by atoms with Crippen LogP contribution in [0.2, 0.25) is 0 Å². The minimum absolute atomic E-state index is 0.295. The van der Waals surface area contributed by atoms with Gasteiger partial charge in [0.1, 0.15) is 0 Å². The molecule has 6 heteroatoms. The second-order valence-corrected chi connectivity index (χ2v) is 9.96. The topological polar surface area (TPSA) is 34.2 Å². The highest BCUT2D eigenvalue weighted by atomic mass is 16.7. The van der Waals surface area contributed by atoms with E-state index < -0.39 is 0 Å². The number of piperazine rings is 1. The van der Waals surface area contributed by atoms with Crippen LogP contribution in [-0.4, -0.2) is 68.7 Å². The predicted molar refractivity (Wildman–Crippen MR) is 119 cm³/mol. The van der Waals surface area contributed by atoms with Crippen molar-refractivity contribution in [2.45, 2.75) is 71.6 Å². The van der Waals surface area contributed by atoms with E-state index in [0.29, 0.717) is 6.04 Å². The fourth-order valence-electron chi connectivity index (χ4n) is 4.96. The van der Waals surface area contributed by atoms with Crippen molar-refractivity contribution < 1.29 is 14.0 Å². The van der Waals surface area contributed by atoms with Gasteiger partial charge in [-0.15, -0.1) is 0 Å². The van der Waals surface area contributed by atoms with E-state index in [4.69, 9.17) is 14.0 Å². The molecule has 0 atom stereocenters. The Morgan fingerprint density at radius 1 is 0.862 bits per heavy atom. The Kier molecular flexibility index (Phi) is 5.75. The molecule has 0 aromatic heterocycles. The Morgan fingerprint density at radius 2 is 1.38 bits per heavy atom. The van der Waals surface area contributed by atoms with Gasteiger partial charge >= 0.3 is 7.12 Å². The molecule has 160 valence electrons. The van der Waals surface area contributed by atoms with Crippen molar-refractivity contribution in [3.8, 4) is 0 Å². The summed E-state index contributed by atoms with van der Waals surface area (Å²) in [4.78, 5) is 5.23. The van der Waals surface area contributed by atoms with Gasteiger partial charge in [0, 0.05) is 51.1 Å². The third-order valence-corrected chi connectivity index (χ3v) is 7.38. The Labute approximate surface area is 176 Å². The van der Waals surface area contributed by atoms with Gasteiger partial charge in [0.05, 0.1) is 11.2 Å². The number of hydrogen-bond donors (Lipinski definition) is 0. The fraction of sp³-hybridized carbons (Fsp3) is 0.739. The van der Waals surface area contributed by atoms with E-state index in [2.05, 4.69) is 63.5 Å². The number of aryl methyl sites for hydroxylation is 2. The molecule has 3 aliphatic heterocycles. The molecule has 0 saturated carbocycles. The molecule has 0 bridgehead atoms. The molecule has 29 heavy (non-hydrogen) atoms. The van der Waals surface area contributed by atoms with Crippen LogP contribution < -0.4 is 10.4 Å². The lowest BCUT2D eigenvalue weighted by Gasteiger charge is -2.42. The SMILES string of the molecule is Cc1cc(B2OC(C)(C)C(C)(C)O2)cc(C)c1N1CCN(C2CCOCC2)CC1. The maximum atomic E-state index is 6.27. The van der Waals surface area contributed by atoms with Crippen molar-refractivity contribution in [3.05, 3.63) is 23.3 Å². The van der Waals surface area contributed by atoms with Crippen molar-refractivity contribution in [3.63, 3.8) is 0 Å². The first-order chi connectivity index (χ1) is 13.7. The van der Waals surface area contributed by atoms with Crippen LogP contribution in [0.25, 0.3) is 0 Å². The summed E-state index contributed by atoms with van der Waals surface area (Å²) in [6.45, 7) is 19.2. The third kappa shape index (κ3) is 4.09. The van der Waals surface area contributed by atoms with E-state index in [1.54, 1.807) is 0 Å². The molecule has 0 amide bonds. The summed E-state index contributed by atoms with van der Waals surface area (Å²) >= 11 is 0. The molecule has 3 aliphatic rings. The zero-order valence-corrected chi connectivity index (χ0v) is 19.1. The number of benzene rings is 1. The molecule has 3 heterocycles. The average Bonchev–Trinajstić information content (AvgIpc) is 2.90. The summed E-state index contributed by atoms with van der Waals surface area (Å²) in [5.74, 6) is 0. The van der Waals surface area contributed by atoms with Crippen LogP contribution in [0.4, 0.5) is 5.69 Å². The van der Waals surface area contributed by atoms with Crippen molar-refractivity contribution in [1.82, 2.24) is 4.90 Å². The molecule has 0 radical (unpaired) electrons. The molecule has 0 spiro atoms. The Bertz CT molecular complexity index is 699. The number of nitrogens with zero attached hydrogens (tertiary/aromatic N) is 2. The summed E-state index contributed by atoms with van der Waals surface area (Å²) in [5.41, 5.74) is 4.53. The third-order valence-electron chi connectivity index (χ3n) is 7.38. The second-order valence-electron chi connectivity index (χ2n) is 9.96. The first-order valence-corrected chi connectivity index (χ1v) is 11.2. The van der Waals surface area contributed by atoms with E-state index in [0.717, 1.165) is 44.9 Å². The van der Waals surface area contributed by atoms with E-state index in [1.165, 1.54) is 29.7 Å². The lowest BCUT2D eigenvalue weighted by Crippen LogP contribution is -2.52. The summed E-state index contributed by atoms with van der Waals surface area (Å²) < 4.78 is 18.1. The van der Waals surface area contributed by atoms with Gasteiger partial charge in [-0.1, -0.05) is 12.1 Å². The largest absolute Gasteiger partial charge is 0.494 e. The van der Waals surface area contributed by atoms with Gasteiger partial charge in [-0.25, -0.2) is 0 Å². The van der Waals surface area contributed by atoms with Gasteiger partial charge in [0.25, 0.3) is 0 Å². The van der Waals surface area contributed by atoms with Gasteiger partial charge < -0.3 is 18.9 Å². The molecule has 1 aromatic carbocycles. The standard InChI is InChI=1S/C23H37BN2O3/c1-17-15-19(24-28-22(3,4)23(5,6)29-24)16-18(2)21(17)26-11-9-25(10-12-26)20-7-13-27-14-8-20/h15-16,20H,7-14H2,1-6H3. The van der Waals surface area contributed by atoms with E-state index in [-0.39, 0.29) is 18.3 Å². The number of hydrogen-bond acceptors (Lipinski definition) is 5. The highest BCUT2D eigenvalue weighted by Crippen LogP contribution is 2.37. The fourth-order valence-corrected chi connectivity index (χ4v) is 4.96. The van der Waals surface area contributed by atoms with Crippen molar-refractivity contribution in [2.75, 3.05) is 44.3 Å².